The minimum absolute atomic E-state index is 0.762. The van der Waals surface area contributed by atoms with E-state index >= 15 is 0 Å². The second kappa shape index (κ2) is 9.87. The topological polar surface area (TPSA) is 50.8 Å². The highest BCUT2D eigenvalue weighted by Gasteiger charge is 1.95. The highest BCUT2D eigenvalue weighted by Crippen LogP contribution is 2.08. The number of aryl methyl sites for hydroxylation is 1. The lowest BCUT2D eigenvalue weighted by molar-refractivity contribution is 0.268. The van der Waals surface area contributed by atoms with Crippen molar-refractivity contribution in [3.05, 3.63) is 24.2 Å². The number of unbranched alkanes of at least 4 members (excludes halogenated alkanes) is 5. The highest BCUT2D eigenvalue weighted by molar-refractivity contribution is 4.89. The van der Waals surface area contributed by atoms with E-state index in [9.17, 15) is 0 Å². The number of hydrogen-bond acceptors (Lipinski definition) is 3. The van der Waals surface area contributed by atoms with Crippen molar-refractivity contribution in [2.75, 3.05) is 6.61 Å². The van der Waals surface area contributed by atoms with E-state index in [0.717, 1.165) is 25.1 Å². The molecule has 4 heteroatoms. The summed E-state index contributed by atoms with van der Waals surface area (Å²) in [5, 5.41) is 10.5. The van der Waals surface area contributed by atoms with E-state index in [1.54, 1.807) is 6.20 Å². The Balaban J connectivity index is 1.81. The molecule has 0 aliphatic rings. The molecule has 17 heavy (non-hydrogen) atoms. The summed E-state index contributed by atoms with van der Waals surface area (Å²) in [6.07, 6.45) is 14.2. The van der Waals surface area contributed by atoms with Gasteiger partial charge in [0.1, 0.15) is 0 Å². The summed E-state index contributed by atoms with van der Waals surface area (Å²) in [6, 6.07) is 0. The van der Waals surface area contributed by atoms with Gasteiger partial charge in [0.05, 0.1) is 24.8 Å². The largest absolute Gasteiger partial charge is 0.502 e. The first-order valence-corrected chi connectivity index (χ1v) is 6.54. The third-order valence-corrected chi connectivity index (χ3v) is 2.63. The molecule has 0 saturated heterocycles. The van der Waals surface area contributed by atoms with Crippen LogP contribution in [0, 0.1) is 0 Å². The number of ether oxygens (including phenoxy) is 1. The average molecular weight is 237 g/mol. The summed E-state index contributed by atoms with van der Waals surface area (Å²) in [7, 11) is 0. The van der Waals surface area contributed by atoms with Crippen LogP contribution in [0.1, 0.15) is 51.1 Å². The van der Waals surface area contributed by atoms with Gasteiger partial charge in [-0.05, 0) is 38.7 Å². The first kappa shape index (κ1) is 13.7. The minimum atomic E-state index is 0.762. The van der Waals surface area contributed by atoms with Crippen LogP contribution in [-0.4, -0.2) is 22.0 Å². The van der Waals surface area contributed by atoms with Crippen molar-refractivity contribution < 1.29 is 4.74 Å². The molecular weight excluding hydrogens is 214 g/mol. The maximum atomic E-state index is 5.12. The Morgan fingerprint density at radius 2 is 2.06 bits per heavy atom. The van der Waals surface area contributed by atoms with Crippen LogP contribution in [0.25, 0.3) is 0 Å². The first-order valence-electron chi connectivity index (χ1n) is 6.54. The van der Waals surface area contributed by atoms with E-state index in [1.807, 2.05) is 13.2 Å². The molecule has 1 aromatic rings. The van der Waals surface area contributed by atoms with Crippen molar-refractivity contribution in [2.24, 2.45) is 0 Å². The molecule has 0 aliphatic carbocycles. The lowest BCUT2D eigenvalue weighted by Gasteiger charge is -1.99. The fourth-order valence-corrected chi connectivity index (χ4v) is 1.68. The van der Waals surface area contributed by atoms with Crippen molar-refractivity contribution in [3.63, 3.8) is 0 Å². The Morgan fingerprint density at radius 3 is 2.82 bits per heavy atom. The molecule has 1 heterocycles. The Labute approximate surface area is 103 Å². The number of aromatic amines is 1. The van der Waals surface area contributed by atoms with E-state index in [4.69, 9.17) is 4.74 Å². The van der Waals surface area contributed by atoms with Crippen LogP contribution in [0.3, 0.4) is 0 Å². The zero-order chi connectivity index (χ0) is 12.2. The molecule has 96 valence electrons. The normalized spacial score (nSPS) is 11.1. The van der Waals surface area contributed by atoms with Crippen molar-refractivity contribution in [1.29, 1.82) is 0 Å². The third-order valence-electron chi connectivity index (χ3n) is 2.63. The molecule has 0 aromatic carbocycles. The SMILES string of the molecule is CCOC=CCCCCCCCc1cn[nH]n1. The zero-order valence-corrected chi connectivity index (χ0v) is 10.7. The summed E-state index contributed by atoms with van der Waals surface area (Å²) in [5.41, 5.74) is 1.07. The van der Waals surface area contributed by atoms with Crippen LogP contribution in [0.5, 0.6) is 0 Å². The number of nitrogens with zero attached hydrogens (tertiary/aromatic N) is 2. The van der Waals surface area contributed by atoms with Crippen molar-refractivity contribution >= 4 is 0 Å². The lowest BCUT2D eigenvalue weighted by Crippen LogP contribution is -1.86. The van der Waals surface area contributed by atoms with Crippen LogP contribution < -0.4 is 0 Å². The monoisotopic (exact) mass is 237 g/mol. The van der Waals surface area contributed by atoms with Crippen LogP contribution in [0.2, 0.25) is 0 Å². The Hall–Kier alpha value is -1.32. The number of allylic oxidation sites excluding steroid dienone is 1. The molecular formula is C13H23N3O. The number of aromatic nitrogens is 3. The van der Waals surface area contributed by atoms with Crippen LogP contribution in [-0.2, 0) is 11.2 Å². The summed E-state index contributed by atoms with van der Waals surface area (Å²) < 4.78 is 5.12. The Bertz CT molecular complexity index is 283. The molecule has 0 spiro atoms. The maximum absolute atomic E-state index is 5.12. The summed E-state index contributed by atoms with van der Waals surface area (Å²) in [5.74, 6) is 0. The lowest BCUT2D eigenvalue weighted by atomic mass is 10.1. The number of hydrogen-bond donors (Lipinski definition) is 1. The van der Waals surface area contributed by atoms with Gasteiger partial charge in [0.25, 0.3) is 0 Å². The van der Waals surface area contributed by atoms with Gasteiger partial charge in [-0.25, -0.2) is 0 Å². The summed E-state index contributed by atoms with van der Waals surface area (Å²) >= 11 is 0. The van der Waals surface area contributed by atoms with Crippen LogP contribution in [0.15, 0.2) is 18.5 Å². The molecule has 0 saturated carbocycles. The Kier molecular flexibility index (Phi) is 7.98. The quantitative estimate of drug-likeness (QED) is 0.502. The Morgan fingerprint density at radius 1 is 1.24 bits per heavy atom. The second-order valence-corrected chi connectivity index (χ2v) is 4.09. The second-order valence-electron chi connectivity index (χ2n) is 4.09. The van der Waals surface area contributed by atoms with Gasteiger partial charge in [0.2, 0.25) is 0 Å². The van der Waals surface area contributed by atoms with Crippen molar-refractivity contribution in [2.45, 2.75) is 51.9 Å². The first-order chi connectivity index (χ1) is 8.43. The van der Waals surface area contributed by atoms with E-state index < -0.39 is 0 Å². The van der Waals surface area contributed by atoms with Crippen LogP contribution >= 0.6 is 0 Å². The van der Waals surface area contributed by atoms with Gasteiger partial charge in [0, 0.05) is 0 Å². The molecule has 1 aromatic heterocycles. The predicted octanol–water partition coefficient (Wildman–Crippen LogP) is 3.24. The summed E-state index contributed by atoms with van der Waals surface area (Å²) in [6.45, 7) is 2.76. The number of nitrogens with one attached hydrogen (secondary N) is 1. The van der Waals surface area contributed by atoms with Gasteiger partial charge in [0.15, 0.2) is 0 Å². The standard InChI is InChI=1S/C13H23N3O/c1-2-17-11-9-7-5-3-4-6-8-10-13-12-14-16-15-13/h9,11-12H,2-8,10H2,1H3,(H,14,15,16). The predicted molar refractivity (Wildman–Crippen MR) is 68.6 cm³/mol. The van der Waals surface area contributed by atoms with Gasteiger partial charge in [-0.1, -0.05) is 19.3 Å². The molecule has 1 rings (SSSR count). The molecule has 0 unspecified atom stereocenters. The average Bonchev–Trinajstić information content (AvgIpc) is 2.85. The zero-order valence-electron chi connectivity index (χ0n) is 10.7. The molecule has 0 aliphatic heterocycles. The molecule has 0 atom stereocenters. The molecule has 0 bridgehead atoms. The van der Waals surface area contributed by atoms with Gasteiger partial charge >= 0.3 is 0 Å². The van der Waals surface area contributed by atoms with Crippen molar-refractivity contribution in [1.82, 2.24) is 15.4 Å². The van der Waals surface area contributed by atoms with Crippen molar-refractivity contribution in [3.8, 4) is 0 Å². The number of H-pyrrole nitrogens is 1. The maximum Gasteiger partial charge on any atom is 0.0845 e. The van der Waals surface area contributed by atoms with Gasteiger partial charge in [-0.2, -0.15) is 15.4 Å². The molecule has 0 radical (unpaired) electrons. The molecule has 0 fully saturated rings. The van der Waals surface area contributed by atoms with Gasteiger partial charge in [-0.3, -0.25) is 0 Å². The van der Waals surface area contributed by atoms with Gasteiger partial charge < -0.3 is 4.74 Å². The fourth-order valence-electron chi connectivity index (χ4n) is 1.68. The summed E-state index contributed by atoms with van der Waals surface area (Å²) in [4.78, 5) is 0. The van der Waals surface area contributed by atoms with E-state index in [1.165, 1.54) is 32.1 Å². The van der Waals surface area contributed by atoms with E-state index in [2.05, 4.69) is 21.5 Å². The molecule has 1 N–H and O–H groups in total. The van der Waals surface area contributed by atoms with E-state index in [-0.39, 0.29) is 0 Å². The molecule has 0 amide bonds. The minimum Gasteiger partial charge on any atom is -0.502 e. The van der Waals surface area contributed by atoms with Crippen LogP contribution in [0.4, 0.5) is 0 Å². The highest BCUT2D eigenvalue weighted by atomic mass is 16.5. The van der Waals surface area contributed by atoms with E-state index in [0.29, 0.717) is 0 Å². The fraction of sp³-hybridized carbons (Fsp3) is 0.692. The van der Waals surface area contributed by atoms with Gasteiger partial charge in [-0.15, -0.1) is 0 Å². The smallest absolute Gasteiger partial charge is 0.0845 e. The number of rotatable bonds is 10. The third kappa shape index (κ3) is 7.55. The molecule has 4 nitrogen and oxygen atoms in total.